The molecule has 9 heteroatoms. The molecule has 0 aliphatic carbocycles. The van der Waals surface area contributed by atoms with Gasteiger partial charge in [0.05, 0.1) is 11.7 Å². The van der Waals surface area contributed by atoms with Crippen LogP contribution < -0.4 is 20.3 Å². The third-order valence-electron chi connectivity index (χ3n) is 7.02. The standard InChI is InChI=1S/C17H20N2OS.C13H24N4O.C7H8/c1-13-9-15(11-16(10-13)19(2)21-3)17(20)18-12-14-7-5-4-6-8-14;1-11-12(8-14-6-5-7-15-10-18)9-16-17(11)13(2,3)4;1-7-5-3-2-4-6-7/h4-11H,12H2,1-3H3,(H,18,20);9-10,14H,5-8H2,1-4H3,(H,15,18);2-6H,1H3. The first-order valence-electron chi connectivity index (χ1n) is 15.6. The van der Waals surface area contributed by atoms with Gasteiger partial charge in [-0.15, -0.1) is 0 Å². The van der Waals surface area contributed by atoms with Crippen LogP contribution in [0.3, 0.4) is 0 Å². The molecule has 4 aromatic rings. The third kappa shape index (κ3) is 13.9. The normalized spacial score (nSPS) is 10.5. The Labute approximate surface area is 280 Å². The number of hydrogen-bond acceptors (Lipinski definition) is 6. The van der Waals surface area contributed by atoms with Crippen molar-refractivity contribution in [3.05, 3.63) is 119 Å². The Morgan fingerprint density at radius 2 is 1.57 bits per heavy atom. The maximum atomic E-state index is 12.3. The first-order valence-corrected chi connectivity index (χ1v) is 16.8. The molecular formula is C37H52N6O2S. The van der Waals surface area contributed by atoms with Crippen molar-refractivity contribution in [1.29, 1.82) is 0 Å². The van der Waals surface area contributed by atoms with Gasteiger partial charge in [-0.1, -0.05) is 78.2 Å². The molecule has 0 unspecified atom stereocenters. The molecule has 1 heterocycles. The summed E-state index contributed by atoms with van der Waals surface area (Å²) in [6.45, 7) is 15.6. The highest BCUT2D eigenvalue weighted by Crippen LogP contribution is 2.22. The zero-order chi connectivity index (χ0) is 34.0. The molecule has 0 aliphatic heterocycles. The Balaban J connectivity index is 0.000000267. The summed E-state index contributed by atoms with van der Waals surface area (Å²) in [5.41, 5.74) is 7.69. The van der Waals surface area contributed by atoms with Crippen LogP contribution in [-0.2, 0) is 23.4 Å². The molecule has 4 rings (SSSR count). The fraction of sp³-hybridized carbons (Fsp3) is 0.378. The van der Waals surface area contributed by atoms with Crippen LogP contribution in [0, 0.1) is 20.8 Å². The van der Waals surface area contributed by atoms with Crippen LogP contribution in [0.5, 0.6) is 0 Å². The van der Waals surface area contributed by atoms with Crippen molar-refractivity contribution in [1.82, 2.24) is 25.7 Å². The van der Waals surface area contributed by atoms with Crippen molar-refractivity contribution in [2.75, 3.05) is 30.7 Å². The molecule has 0 saturated carbocycles. The second-order valence-electron chi connectivity index (χ2n) is 12.0. The zero-order valence-electron chi connectivity index (χ0n) is 28.8. The average molecular weight is 645 g/mol. The van der Waals surface area contributed by atoms with Crippen molar-refractivity contribution < 1.29 is 9.59 Å². The molecule has 46 heavy (non-hydrogen) atoms. The highest BCUT2D eigenvalue weighted by molar-refractivity contribution is 7.99. The van der Waals surface area contributed by atoms with Crippen LogP contribution in [0.25, 0.3) is 0 Å². The first kappa shape index (κ1) is 38.1. The summed E-state index contributed by atoms with van der Waals surface area (Å²) in [5, 5.41) is 13.4. The van der Waals surface area contributed by atoms with Crippen molar-refractivity contribution >= 4 is 30.0 Å². The summed E-state index contributed by atoms with van der Waals surface area (Å²) in [5.74, 6) is -0.0432. The van der Waals surface area contributed by atoms with E-state index < -0.39 is 0 Å². The molecule has 2 amide bonds. The minimum absolute atomic E-state index is 0.0240. The molecule has 3 N–H and O–H groups in total. The second-order valence-corrected chi connectivity index (χ2v) is 12.9. The number of anilines is 1. The second kappa shape index (κ2) is 20.1. The number of aromatic nitrogens is 2. The Morgan fingerprint density at radius 1 is 0.913 bits per heavy atom. The van der Waals surface area contributed by atoms with E-state index in [1.54, 1.807) is 11.9 Å². The number of rotatable bonds is 12. The van der Waals surface area contributed by atoms with E-state index in [-0.39, 0.29) is 11.4 Å². The summed E-state index contributed by atoms with van der Waals surface area (Å²) in [7, 11) is 1.99. The number of aryl methyl sites for hydroxylation is 2. The largest absolute Gasteiger partial charge is 0.359 e. The number of carbonyl (C=O) groups is 2. The molecule has 0 radical (unpaired) electrons. The van der Waals surface area contributed by atoms with E-state index in [1.807, 2.05) is 91.4 Å². The molecule has 3 aromatic carbocycles. The fourth-order valence-electron chi connectivity index (χ4n) is 4.49. The molecule has 0 bridgehead atoms. The number of amides is 2. The predicted molar refractivity (Wildman–Crippen MR) is 194 cm³/mol. The van der Waals surface area contributed by atoms with E-state index in [2.05, 4.69) is 78.5 Å². The molecular weight excluding hydrogens is 593 g/mol. The molecule has 0 spiro atoms. The van der Waals surface area contributed by atoms with Gasteiger partial charge in [-0.05, 0) is 83.8 Å². The van der Waals surface area contributed by atoms with Gasteiger partial charge in [0.1, 0.15) is 0 Å². The van der Waals surface area contributed by atoms with E-state index in [1.165, 1.54) is 16.8 Å². The fourth-order valence-corrected chi connectivity index (χ4v) is 4.80. The van der Waals surface area contributed by atoms with Gasteiger partial charge >= 0.3 is 0 Å². The smallest absolute Gasteiger partial charge is 0.251 e. The SMILES string of the molecule is CSN(C)c1cc(C)cc(C(=O)NCc2ccccc2)c1.Cc1c(CNCCCNC=O)cnn1C(C)(C)C.Cc1ccccc1. The van der Waals surface area contributed by atoms with Crippen LogP contribution in [0.4, 0.5) is 5.69 Å². The molecule has 0 fully saturated rings. The lowest BCUT2D eigenvalue weighted by Gasteiger charge is -2.21. The summed E-state index contributed by atoms with van der Waals surface area (Å²) in [6, 6.07) is 26.1. The lowest BCUT2D eigenvalue weighted by atomic mass is 10.1. The van der Waals surface area contributed by atoms with E-state index in [9.17, 15) is 9.59 Å². The summed E-state index contributed by atoms with van der Waals surface area (Å²) in [4.78, 5) is 22.4. The van der Waals surface area contributed by atoms with Crippen molar-refractivity contribution in [3.8, 4) is 0 Å². The van der Waals surface area contributed by atoms with E-state index in [0.29, 0.717) is 12.1 Å². The topological polar surface area (TPSA) is 91.3 Å². The summed E-state index contributed by atoms with van der Waals surface area (Å²) < 4.78 is 4.10. The highest BCUT2D eigenvalue weighted by atomic mass is 32.2. The lowest BCUT2D eigenvalue weighted by Crippen LogP contribution is -2.25. The number of carbonyl (C=O) groups excluding carboxylic acids is 2. The lowest BCUT2D eigenvalue weighted by molar-refractivity contribution is -0.109. The van der Waals surface area contributed by atoms with Crippen LogP contribution in [0.2, 0.25) is 0 Å². The third-order valence-corrected chi connectivity index (χ3v) is 7.78. The van der Waals surface area contributed by atoms with Crippen molar-refractivity contribution in [3.63, 3.8) is 0 Å². The molecule has 8 nitrogen and oxygen atoms in total. The molecule has 0 aliphatic rings. The number of hydrogen-bond donors (Lipinski definition) is 3. The van der Waals surface area contributed by atoms with Gasteiger partial charge in [-0.2, -0.15) is 5.10 Å². The molecule has 1 aromatic heterocycles. The number of benzene rings is 3. The van der Waals surface area contributed by atoms with E-state index >= 15 is 0 Å². The van der Waals surface area contributed by atoms with E-state index in [4.69, 9.17) is 0 Å². The van der Waals surface area contributed by atoms with Crippen LogP contribution >= 0.6 is 11.9 Å². The molecule has 0 saturated heterocycles. The monoisotopic (exact) mass is 644 g/mol. The van der Waals surface area contributed by atoms with Gasteiger partial charge in [0.15, 0.2) is 0 Å². The van der Waals surface area contributed by atoms with Crippen molar-refractivity contribution in [2.45, 2.75) is 66.6 Å². The zero-order valence-corrected chi connectivity index (χ0v) is 29.6. The first-order chi connectivity index (χ1) is 22.0. The van der Waals surface area contributed by atoms with Gasteiger partial charge in [0.2, 0.25) is 6.41 Å². The van der Waals surface area contributed by atoms with Gasteiger partial charge in [-0.3, -0.25) is 14.3 Å². The Hall–Kier alpha value is -4.08. The summed E-state index contributed by atoms with van der Waals surface area (Å²) in [6.07, 6.45) is 5.61. The Kier molecular flexibility index (Phi) is 16.7. The van der Waals surface area contributed by atoms with Gasteiger partial charge in [0.25, 0.3) is 5.91 Å². The Bertz CT molecular complexity index is 1450. The van der Waals surface area contributed by atoms with Crippen molar-refractivity contribution in [2.24, 2.45) is 0 Å². The van der Waals surface area contributed by atoms with Gasteiger partial charge in [-0.25, -0.2) is 0 Å². The Morgan fingerprint density at radius 3 is 2.11 bits per heavy atom. The number of nitrogens with zero attached hydrogens (tertiary/aromatic N) is 3. The molecule has 0 atom stereocenters. The summed E-state index contributed by atoms with van der Waals surface area (Å²) >= 11 is 1.62. The maximum absolute atomic E-state index is 12.3. The van der Waals surface area contributed by atoms with E-state index in [0.717, 1.165) is 49.3 Å². The van der Waals surface area contributed by atoms with Crippen LogP contribution in [0.15, 0.2) is 85.1 Å². The number of nitrogens with one attached hydrogen (secondary N) is 3. The quantitative estimate of drug-likeness (QED) is 0.0893. The van der Waals surface area contributed by atoms with Gasteiger partial charge < -0.3 is 20.3 Å². The predicted octanol–water partition coefficient (Wildman–Crippen LogP) is 6.81. The molecule has 248 valence electrons. The minimum atomic E-state index is -0.0432. The maximum Gasteiger partial charge on any atom is 0.251 e. The minimum Gasteiger partial charge on any atom is -0.359 e. The highest BCUT2D eigenvalue weighted by Gasteiger charge is 2.17. The average Bonchev–Trinajstić information content (AvgIpc) is 3.42. The van der Waals surface area contributed by atoms with Crippen LogP contribution in [0.1, 0.15) is 65.5 Å². The van der Waals surface area contributed by atoms with Gasteiger partial charge in [0, 0.05) is 55.4 Å². The van der Waals surface area contributed by atoms with Crippen LogP contribution in [-0.4, -0.2) is 48.5 Å².